The smallest absolute Gasteiger partial charge is 0.239 e. The number of nitrogen functional groups attached to an aromatic ring is 1. The highest BCUT2D eigenvalue weighted by Gasteiger charge is 2.42. The Morgan fingerprint density at radius 2 is 2.04 bits per heavy atom. The van der Waals surface area contributed by atoms with E-state index < -0.39 is 5.79 Å². The average Bonchev–Trinajstić information content (AvgIpc) is 2.95. The largest absolute Gasteiger partial charge is 0.458 e. The average molecular weight is 368 g/mol. The Morgan fingerprint density at radius 1 is 1.30 bits per heavy atom. The molecule has 0 bridgehead atoms. The second-order valence-electron chi connectivity index (χ2n) is 7.19. The molecule has 1 aliphatic rings. The molecule has 0 aromatic heterocycles. The molecule has 1 aliphatic heterocycles. The number of carbonyl (C=O) groups is 2. The third-order valence-electron chi connectivity index (χ3n) is 4.76. The predicted molar refractivity (Wildman–Crippen MR) is 103 cm³/mol. The molecule has 1 heterocycles. The molecule has 0 saturated carbocycles. The maximum atomic E-state index is 12.6. The number of ketones is 1. The van der Waals surface area contributed by atoms with Crippen LogP contribution in [-0.2, 0) is 17.0 Å². The quantitative estimate of drug-likeness (QED) is 0.556. The SMILES string of the molecule is CC(=O)NCC(=O)c1c(N)cccc1[C@@]1(O)Cc2ccc(C(C)C)cc2O1. The fourth-order valence-corrected chi connectivity index (χ4v) is 3.30. The van der Waals surface area contributed by atoms with Gasteiger partial charge < -0.3 is 20.9 Å². The van der Waals surface area contributed by atoms with E-state index in [-0.39, 0.29) is 35.9 Å². The van der Waals surface area contributed by atoms with Crippen molar-refractivity contribution in [1.29, 1.82) is 0 Å². The molecular formula is C21H24N2O4. The van der Waals surface area contributed by atoms with E-state index in [1.165, 1.54) is 6.92 Å². The minimum Gasteiger partial charge on any atom is -0.458 e. The van der Waals surface area contributed by atoms with Gasteiger partial charge in [-0.2, -0.15) is 0 Å². The van der Waals surface area contributed by atoms with E-state index >= 15 is 0 Å². The molecule has 2 aromatic carbocycles. The first kappa shape index (κ1) is 18.9. The number of rotatable bonds is 5. The Hall–Kier alpha value is -2.86. The third-order valence-corrected chi connectivity index (χ3v) is 4.76. The van der Waals surface area contributed by atoms with Crippen LogP contribution >= 0.6 is 0 Å². The molecule has 0 aliphatic carbocycles. The summed E-state index contributed by atoms with van der Waals surface area (Å²) < 4.78 is 5.90. The van der Waals surface area contributed by atoms with Crippen LogP contribution < -0.4 is 15.8 Å². The summed E-state index contributed by atoms with van der Waals surface area (Å²) in [5, 5.41) is 13.7. The lowest BCUT2D eigenvalue weighted by molar-refractivity contribution is -0.129. The van der Waals surface area contributed by atoms with Crippen LogP contribution in [0, 0.1) is 0 Å². The van der Waals surface area contributed by atoms with E-state index in [1.54, 1.807) is 18.2 Å². The second kappa shape index (κ2) is 7.04. The first-order valence-electron chi connectivity index (χ1n) is 8.92. The number of nitrogens with two attached hydrogens (primary N) is 1. The van der Waals surface area contributed by atoms with Gasteiger partial charge in [-0.1, -0.05) is 38.1 Å². The van der Waals surface area contributed by atoms with Gasteiger partial charge in [0.15, 0.2) is 5.78 Å². The molecule has 3 rings (SSSR count). The van der Waals surface area contributed by atoms with Crippen molar-refractivity contribution >= 4 is 17.4 Å². The monoisotopic (exact) mass is 368 g/mol. The van der Waals surface area contributed by atoms with E-state index in [4.69, 9.17) is 10.5 Å². The van der Waals surface area contributed by atoms with Crippen molar-refractivity contribution in [1.82, 2.24) is 5.32 Å². The fraction of sp³-hybridized carbons (Fsp3) is 0.333. The van der Waals surface area contributed by atoms with Crippen molar-refractivity contribution in [3.05, 3.63) is 58.7 Å². The molecule has 4 N–H and O–H groups in total. The zero-order valence-electron chi connectivity index (χ0n) is 15.7. The highest BCUT2D eigenvalue weighted by Crippen LogP contribution is 2.42. The number of amides is 1. The van der Waals surface area contributed by atoms with Crippen LogP contribution in [0.4, 0.5) is 5.69 Å². The summed E-state index contributed by atoms with van der Waals surface area (Å²) in [4.78, 5) is 23.8. The van der Waals surface area contributed by atoms with Gasteiger partial charge in [0, 0.05) is 30.2 Å². The standard InChI is InChI=1S/C21H24N2O4/c1-12(2)14-7-8-15-10-21(26,27-19(15)9-14)16-5-4-6-17(22)20(16)18(25)11-23-13(3)24/h4-9,12,26H,10-11,22H2,1-3H3,(H,23,24)/t21-/m1/s1. The van der Waals surface area contributed by atoms with Gasteiger partial charge in [-0.05, 0) is 23.6 Å². The number of benzene rings is 2. The molecule has 6 heteroatoms. The van der Waals surface area contributed by atoms with Crippen LogP contribution in [0.2, 0.25) is 0 Å². The number of hydrogen-bond acceptors (Lipinski definition) is 5. The molecule has 6 nitrogen and oxygen atoms in total. The molecule has 0 saturated heterocycles. The van der Waals surface area contributed by atoms with Gasteiger partial charge in [0.2, 0.25) is 11.7 Å². The maximum absolute atomic E-state index is 12.6. The second-order valence-corrected chi connectivity index (χ2v) is 7.19. The molecule has 0 spiro atoms. The Labute approximate surface area is 158 Å². The van der Waals surface area contributed by atoms with Crippen molar-refractivity contribution < 1.29 is 19.4 Å². The molecule has 27 heavy (non-hydrogen) atoms. The normalized spacial score (nSPS) is 18.1. The van der Waals surface area contributed by atoms with Crippen molar-refractivity contribution in [2.24, 2.45) is 0 Å². The molecule has 2 aromatic rings. The van der Waals surface area contributed by atoms with Gasteiger partial charge in [-0.15, -0.1) is 0 Å². The minimum absolute atomic E-state index is 0.172. The zero-order chi connectivity index (χ0) is 19.8. The first-order valence-corrected chi connectivity index (χ1v) is 8.92. The number of anilines is 1. The lowest BCUT2D eigenvalue weighted by Gasteiger charge is -2.26. The lowest BCUT2D eigenvalue weighted by Crippen LogP contribution is -2.35. The minimum atomic E-state index is -1.69. The Bertz CT molecular complexity index is 907. The number of Topliss-reactive ketones (excluding diaryl/α,β-unsaturated/α-hetero) is 1. The van der Waals surface area contributed by atoms with E-state index in [9.17, 15) is 14.7 Å². The van der Waals surface area contributed by atoms with Crippen molar-refractivity contribution in [2.75, 3.05) is 12.3 Å². The van der Waals surface area contributed by atoms with Gasteiger partial charge in [0.1, 0.15) is 5.75 Å². The Balaban J connectivity index is 1.98. The fourth-order valence-electron chi connectivity index (χ4n) is 3.30. The van der Waals surface area contributed by atoms with Gasteiger partial charge in [-0.3, -0.25) is 9.59 Å². The summed E-state index contributed by atoms with van der Waals surface area (Å²) >= 11 is 0. The summed E-state index contributed by atoms with van der Waals surface area (Å²) in [6, 6.07) is 10.8. The zero-order valence-corrected chi connectivity index (χ0v) is 15.7. The van der Waals surface area contributed by atoms with Crippen LogP contribution in [-0.4, -0.2) is 23.3 Å². The van der Waals surface area contributed by atoms with Gasteiger partial charge >= 0.3 is 0 Å². The van der Waals surface area contributed by atoms with E-state index in [0.717, 1.165) is 11.1 Å². The molecule has 1 amide bonds. The first-order chi connectivity index (χ1) is 12.7. The summed E-state index contributed by atoms with van der Waals surface area (Å²) in [5.41, 5.74) is 8.71. The maximum Gasteiger partial charge on any atom is 0.239 e. The van der Waals surface area contributed by atoms with Crippen LogP contribution in [0.15, 0.2) is 36.4 Å². The highest BCUT2D eigenvalue weighted by molar-refractivity contribution is 6.04. The summed E-state index contributed by atoms with van der Waals surface area (Å²) in [5.74, 6) is -1.45. The highest BCUT2D eigenvalue weighted by atomic mass is 16.6. The summed E-state index contributed by atoms with van der Waals surface area (Å²) in [7, 11) is 0. The molecule has 0 unspecified atom stereocenters. The van der Waals surface area contributed by atoms with Crippen LogP contribution in [0.1, 0.15) is 53.7 Å². The number of aliphatic hydroxyl groups is 1. The van der Waals surface area contributed by atoms with Crippen LogP contribution in [0.5, 0.6) is 5.75 Å². The predicted octanol–water partition coefficient (Wildman–Crippen LogP) is 2.49. The molecule has 0 fully saturated rings. The third kappa shape index (κ3) is 3.66. The Morgan fingerprint density at radius 3 is 2.70 bits per heavy atom. The molecule has 0 radical (unpaired) electrons. The number of hydrogen-bond donors (Lipinski definition) is 3. The van der Waals surface area contributed by atoms with Gasteiger partial charge in [0.05, 0.1) is 12.1 Å². The van der Waals surface area contributed by atoms with E-state index in [1.807, 2.05) is 18.2 Å². The summed E-state index contributed by atoms with van der Waals surface area (Å²) in [6.07, 6.45) is 0.213. The molecular weight excluding hydrogens is 344 g/mol. The number of carbonyl (C=O) groups excluding carboxylic acids is 2. The van der Waals surface area contributed by atoms with E-state index in [2.05, 4.69) is 19.2 Å². The van der Waals surface area contributed by atoms with Crippen molar-refractivity contribution in [2.45, 2.75) is 38.9 Å². The van der Waals surface area contributed by atoms with Crippen LogP contribution in [0.25, 0.3) is 0 Å². The molecule has 142 valence electrons. The van der Waals surface area contributed by atoms with Gasteiger partial charge in [-0.25, -0.2) is 0 Å². The van der Waals surface area contributed by atoms with Crippen molar-refractivity contribution in [3.63, 3.8) is 0 Å². The van der Waals surface area contributed by atoms with Crippen molar-refractivity contribution in [3.8, 4) is 5.75 Å². The number of ether oxygens (including phenoxy) is 1. The number of fused-ring (bicyclic) bond motifs is 1. The lowest BCUT2D eigenvalue weighted by atomic mass is 9.91. The van der Waals surface area contributed by atoms with Gasteiger partial charge in [0.25, 0.3) is 0 Å². The Kier molecular flexibility index (Phi) is 4.93. The topological polar surface area (TPSA) is 102 Å². The summed E-state index contributed by atoms with van der Waals surface area (Å²) in [6.45, 7) is 5.30. The van der Waals surface area contributed by atoms with E-state index in [0.29, 0.717) is 17.2 Å². The van der Waals surface area contributed by atoms with Crippen LogP contribution in [0.3, 0.4) is 0 Å². The molecule has 1 atom stereocenters. The number of nitrogens with one attached hydrogen (secondary N) is 1.